The molecule has 0 saturated heterocycles. The molecule has 188 valence electrons. The average molecular weight is 477 g/mol. The van der Waals surface area contributed by atoms with Gasteiger partial charge in [-0.25, -0.2) is 0 Å². The lowest BCUT2D eigenvalue weighted by atomic mass is 9.81. The van der Waals surface area contributed by atoms with Crippen molar-refractivity contribution in [2.45, 2.75) is 65.2 Å². The van der Waals surface area contributed by atoms with Crippen LogP contribution < -0.4 is 5.32 Å². The molecule has 1 aliphatic rings. The molecule has 1 aliphatic carbocycles. The molecule has 2 aromatic rings. The van der Waals surface area contributed by atoms with E-state index in [0.29, 0.717) is 30.4 Å². The number of hydrogen-bond acceptors (Lipinski definition) is 3. The van der Waals surface area contributed by atoms with Crippen LogP contribution >= 0.6 is 0 Å². The van der Waals surface area contributed by atoms with E-state index in [1.54, 1.807) is 12.2 Å². The topological polar surface area (TPSA) is 71.2 Å². The molecule has 1 aromatic carbocycles. The molecule has 1 unspecified atom stereocenters. The average Bonchev–Trinajstić information content (AvgIpc) is 3.32. The fourth-order valence-corrected chi connectivity index (χ4v) is 4.92. The summed E-state index contributed by atoms with van der Waals surface area (Å²) in [6.07, 6.45) is 13.2. The number of Topliss-reactive ketones (excluding diaryl/α,β-unsaturated/α-hetero) is 1. The second kappa shape index (κ2) is 13.1. The summed E-state index contributed by atoms with van der Waals surface area (Å²) in [5.74, 6) is 1.19. The number of nitrogens with one attached hydrogen (secondary N) is 2. The highest BCUT2D eigenvalue weighted by Gasteiger charge is 2.28. The zero-order valence-corrected chi connectivity index (χ0v) is 21.4. The summed E-state index contributed by atoms with van der Waals surface area (Å²) in [4.78, 5) is 29.8. The zero-order valence-electron chi connectivity index (χ0n) is 21.4. The number of aromatic amines is 1. The van der Waals surface area contributed by atoms with Gasteiger partial charge in [-0.15, -0.1) is 0 Å². The number of para-hydroxylation sites is 1. The second-order valence-electron chi connectivity index (χ2n) is 9.49. The van der Waals surface area contributed by atoms with Crippen LogP contribution in [0.5, 0.6) is 0 Å². The Kier molecular flexibility index (Phi) is 9.95. The summed E-state index contributed by atoms with van der Waals surface area (Å²) in [6.45, 7) is 11.2. The van der Waals surface area contributed by atoms with Crippen molar-refractivity contribution in [3.8, 4) is 0 Å². The lowest BCUT2D eigenvalue weighted by molar-refractivity contribution is -0.125. The van der Waals surface area contributed by atoms with E-state index in [4.69, 9.17) is 4.74 Å². The lowest BCUT2D eigenvalue weighted by Crippen LogP contribution is -2.35. The predicted octanol–water partition coefficient (Wildman–Crippen LogP) is 6.60. The van der Waals surface area contributed by atoms with Crippen LogP contribution in [0.25, 0.3) is 10.9 Å². The number of ketones is 1. The predicted molar refractivity (Wildman–Crippen MR) is 143 cm³/mol. The van der Waals surface area contributed by atoms with Gasteiger partial charge in [-0.3, -0.25) is 9.59 Å². The molecular formula is C30H40N2O3. The molecule has 1 atom stereocenters. The molecule has 3 rings (SSSR count). The highest BCUT2D eigenvalue weighted by Crippen LogP contribution is 2.32. The van der Waals surface area contributed by atoms with E-state index in [1.165, 1.54) is 19.3 Å². The zero-order chi connectivity index (χ0) is 25.2. The van der Waals surface area contributed by atoms with Gasteiger partial charge in [-0.2, -0.15) is 0 Å². The minimum absolute atomic E-state index is 0.0687. The third kappa shape index (κ3) is 7.20. The third-order valence-corrected chi connectivity index (χ3v) is 7.21. The maximum absolute atomic E-state index is 13.5. The van der Waals surface area contributed by atoms with Crippen molar-refractivity contribution >= 4 is 22.6 Å². The number of rotatable bonds is 12. The van der Waals surface area contributed by atoms with Crippen molar-refractivity contribution in [2.24, 2.45) is 11.8 Å². The maximum Gasteiger partial charge on any atom is 0.228 e. The molecule has 0 spiro atoms. The first-order valence-corrected chi connectivity index (χ1v) is 13.0. The number of allylic oxidation sites excluding steroid dienone is 4. The molecule has 35 heavy (non-hydrogen) atoms. The Balaban J connectivity index is 1.73. The van der Waals surface area contributed by atoms with Crippen LogP contribution in [0.15, 0.2) is 66.6 Å². The Morgan fingerprint density at radius 2 is 1.86 bits per heavy atom. The van der Waals surface area contributed by atoms with Crippen LogP contribution in [0.4, 0.5) is 0 Å². The normalized spacial score (nSPS) is 19.6. The lowest BCUT2D eigenvalue weighted by Gasteiger charge is -2.28. The SMILES string of the molecule is C=C(/C=C\C(=C/C)OCC)C(=O)CC(C(=O)NCC1CCC(CC)CC1)c1c[nH]c2ccccc12. The molecule has 1 aromatic heterocycles. The number of benzene rings is 1. The van der Waals surface area contributed by atoms with Crippen LogP contribution in [0.3, 0.4) is 0 Å². The van der Waals surface area contributed by atoms with Gasteiger partial charge in [0.05, 0.1) is 12.5 Å². The molecule has 2 N–H and O–H groups in total. The molecule has 5 nitrogen and oxygen atoms in total. The Morgan fingerprint density at radius 1 is 1.14 bits per heavy atom. The van der Waals surface area contributed by atoms with E-state index < -0.39 is 5.92 Å². The van der Waals surface area contributed by atoms with Crippen LogP contribution in [0.2, 0.25) is 0 Å². The van der Waals surface area contributed by atoms with Gasteiger partial charge in [0.15, 0.2) is 5.78 Å². The van der Waals surface area contributed by atoms with E-state index in [2.05, 4.69) is 23.8 Å². The van der Waals surface area contributed by atoms with Gasteiger partial charge in [-0.05, 0) is 68.4 Å². The van der Waals surface area contributed by atoms with Crippen molar-refractivity contribution in [2.75, 3.05) is 13.2 Å². The molecule has 0 bridgehead atoms. The molecular weight excluding hydrogens is 436 g/mol. The Hall–Kier alpha value is -3.08. The number of amides is 1. The van der Waals surface area contributed by atoms with E-state index in [0.717, 1.165) is 35.2 Å². The standard InChI is InChI=1S/C30H40N2O3/c1-5-22-13-15-23(16-14-22)19-32-30(34)26(27-20-31-28-11-9-8-10-25(27)28)18-29(33)21(4)12-17-24(6-2)35-7-3/h6,8-12,17,20,22-23,26,31H,4-5,7,13-16,18-19H2,1-3H3,(H,32,34)/b17-12-,24-6+. The van der Waals surface area contributed by atoms with Gasteiger partial charge in [0.2, 0.25) is 5.91 Å². The number of aromatic nitrogens is 1. The molecule has 0 radical (unpaired) electrons. The summed E-state index contributed by atoms with van der Waals surface area (Å²) < 4.78 is 5.50. The third-order valence-electron chi connectivity index (χ3n) is 7.21. The number of fused-ring (bicyclic) bond motifs is 1. The highest BCUT2D eigenvalue weighted by atomic mass is 16.5. The Morgan fingerprint density at radius 3 is 2.54 bits per heavy atom. The number of ether oxygens (including phenoxy) is 1. The van der Waals surface area contributed by atoms with Crippen molar-refractivity contribution in [1.82, 2.24) is 10.3 Å². The van der Waals surface area contributed by atoms with Crippen LogP contribution in [0, 0.1) is 11.8 Å². The summed E-state index contributed by atoms with van der Waals surface area (Å²) >= 11 is 0. The van der Waals surface area contributed by atoms with Crippen LogP contribution in [-0.2, 0) is 14.3 Å². The van der Waals surface area contributed by atoms with Gasteiger partial charge in [-0.1, -0.05) is 51.0 Å². The Labute approximate surface area is 209 Å². The minimum Gasteiger partial charge on any atom is -0.494 e. The molecule has 1 amide bonds. The van der Waals surface area contributed by atoms with E-state index in [9.17, 15) is 9.59 Å². The number of hydrogen-bond donors (Lipinski definition) is 2. The largest absolute Gasteiger partial charge is 0.494 e. The molecule has 1 fully saturated rings. The van der Waals surface area contributed by atoms with Crippen molar-refractivity contribution in [3.63, 3.8) is 0 Å². The number of H-pyrrole nitrogens is 1. The quantitative estimate of drug-likeness (QED) is 0.206. The van der Waals surface area contributed by atoms with Gasteiger partial charge in [0, 0.05) is 35.6 Å². The summed E-state index contributed by atoms with van der Waals surface area (Å²) in [5.41, 5.74) is 2.17. The van der Waals surface area contributed by atoms with Crippen molar-refractivity contribution in [1.29, 1.82) is 0 Å². The van der Waals surface area contributed by atoms with Crippen LogP contribution in [0.1, 0.15) is 70.8 Å². The van der Waals surface area contributed by atoms with Crippen LogP contribution in [-0.4, -0.2) is 29.8 Å². The summed E-state index contributed by atoms with van der Waals surface area (Å²) in [5, 5.41) is 4.15. The monoisotopic (exact) mass is 476 g/mol. The van der Waals surface area contributed by atoms with Gasteiger partial charge in [0.25, 0.3) is 0 Å². The first-order valence-electron chi connectivity index (χ1n) is 13.0. The molecule has 0 aliphatic heterocycles. The number of carbonyl (C=O) groups excluding carboxylic acids is 2. The smallest absolute Gasteiger partial charge is 0.228 e. The second-order valence-corrected chi connectivity index (χ2v) is 9.49. The van der Waals surface area contributed by atoms with E-state index >= 15 is 0 Å². The first-order chi connectivity index (χ1) is 17.0. The van der Waals surface area contributed by atoms with Gasteiger partial charge < -0.3 is 15.0 Å². The van der Waals surface area contributed by atoms with Gasteiger partial charge in [0.1, 0.15) is 5.76 Å². The minimum atomic E-state index is -0.580. The van der Waals surface area contributed by atoms with Gasteiger partial charge >= 0.3 is 0 Å². The molecule has 1 heterocycles. The van der Waals surface area contributed by atoms with E-state index in [1.807, 2.05) is 50.4 Å². The van der Waals surface area contributed by atoms with Crippen molar-refractivity contribution in [3.05, 3.63) is 72.2 Å². The fourth-order valence-electron chi connectivity index (χ4n) is 4.92. The molecule has 5 heteroatoms. The highest BCUT2D eigenvalue weighted by molar-refractivity contribution is 6.02. The molecule has 1 saturated carbocycles. The van der Waals surface area contributed by atoms with Crippen molar-refractivity contribution < 1.29 is 14.3 Å². The number of carbonyl (C=O) groups is 2. The first kappa shape index (κ1) is 26.5. The fraction of sp³-hybridized carbons (Fsp3) is 0.467. The van der Waals surface area contributed by atoms with E-state index in [-0.39, 0.29) is 18.1 Å². The summed E-state index contributed by atoms with van der Waals surface area (Å²) in [6, 6.07) is 7.89. The summed E-state index contributed by atoms with van der Waals surface area (Å²) in [7, 11) is 0. The Bertz CT molecular complexity index is 1070. The maximum atomic E-state index is 13.5.